The van der Waals surface area contributed by atoms with Crippen LogP contribution in [0.5, 0.6) is 0 Å². The van der Waals surface area contributed by atoms with Crippen molar-refractivity contribution in [3.8, 4) is 0 Å². The molecule has 8 heteroatoms. The summed E-state index contributed by atoms with van der Waals surface area (Å²) in [6.07, 6.45) is 2.53. The topological polar surface area (TPSA) is 70.2 Å². The lowest BCUT2D eigenvalue weighted by Gasteiger charge is -2.19. The minimum Gasteiger partial charge on any atom is -0.371 e. The Morgan fingerprint density at radius 2 is 2.12 bits per heavy atom. The first-order valence-electron chi connectivity index (χ1n) is 8.51. The van der Waals surface area contributed by atoms with E-state index in [0.717, 1.165) is 24.7 Å². The van der Waals surface area contributed by atoms with Crippen LogP contribution in [0.3, 0.4) is 0 Å². The van der Waals surface area contributed by atoms with E-state index in [0.29, 0.717) is 31.1 Å². The number of hydrogen-bond acceptors (Lipinski definition) is 4. The van der Waals surface area contributed by atoms with Crippen molar-refractivity contribution in [3.63, 3.8) is 0 Å². The average molecular weight is 361 g/mol. The van der Waals surface area contributed by atoms with Gasteiger partial charge in [0, 0.05) is 37.6 Å². The second-order valence-corrected chi connectivity index (χ2v) is 6.36. The number of halogens is 2. The summed E-state index contributed by atoms with van der Waals surface area (Å²) in [5.74, 6) is -0.770. The van der Waals surface area contributed by atoms with E-state index in [-0.39, 0.29) is 11.9 Å². The molecular weight excluding hydrogens is 340 g/mol. The van der Waals surface area contributed by atoms with Crippen molar-refractivity contribution < 1.29 is 13.6 Å². The summed E-state index contributed by atoms with van der Waals surface area (Å²) in [6, 6.07) is 5.42. The maximum absolute atomic E-state index is 13.4. The normalized spacial score (nSPS) is 16.6. The molecule has 1 aromatic carbocycles. The maximum Gasteiger partial charge on any atom is 0.315 e. The Kier molecular flexibility index (Phi) is 5.60. The molecule has 1 atom stereocenters. The van der Waals surface area contributed by atoms with Crippen LogP contribution in [-0.2, 0) is 6.54 Å². The third-order valence-corrected chi connectivity index (χ3v) is 4.37. The van der Waals surface area contributed by atoms with Crippen LogP contribution in [0.2, 0.25) is 0 Å². The molecule has 2 N–H and O–H groups in total. The molecule has 1 unspecified atom stereocenters. The lowest BCUT2D eigenvalue weighted by molar-refractivity contribution is 0.238. The number of amides is 2. The second-order valence-electron chi connectivity index (χ2n) is 6.36. The zero-order valence-electron chi connectivity index (χ0n) is 14.5. The van der Waals surface area contributed by atoms with Crippen molar-refractivity contribution in [2.75, 3.05) is 24.5 Å². The number of anilines is 1. The maximum atomic E-state index is 13.4. The highest BCUT2D eigenvalue weighted by molar-refractivity contribution is 5.73. The molecule has 1 saturated heterocycles. The van der Waals surface area contributed by atoms with Gasteiger partial charge >= 0.3 is 6.03 Å². The molecule has 0 saturated carbocycles. The van der Waals surface area contributed by atoms with Crippen LogP contribution < -0.4 is 15.5 Å². The summed E-state index contributed by atoms with van der Waals surface area (Å²) < 4.78 is 26.4. The van der Waals surface area contributed by atoms with Gasteiger partial charge in [0.1, 0.15) is 5.82 Å². The Bertz CT molecular complexity index is 786. The Morgan fingerprint density at radius 1 is 1.27 bits per heavy atom. The molecule has 2 heterocycles. The van der Waals surface area contributed by atoms with Gasteiger partial charge in [-0.15, -0.1) is 0 Å². The predicted octanol–water partition coefficient (Wildman–Crippen LogP) is 2.39. The number of aromatic nitrogens is 2. The lowest BCUT2D eigenvalue weighted by Crippen LogP contribution is -2.38. The number of nitrogens with one attached hydrogen (secondary N) is 2. The monoisotopic (exact) mass is 361 g/mol. The molecule has 0 spiro atoms. The van der Waals surface area contributed by atoms with E-state index in [4.69, 9.17) is 0 Å². The van der Waals surface area contributed by atoms with Crippen molar-refractivity contribution in [1.82, 2.24) is 20.6 Å². The van der Waals surface area contributed by atoms with E-state index in [1.54, 1.807) is 25.3 Å². The van der Waals surface area contributed by atoms with E-state index in [2.05, 4.69) is 20.6 Å². The quantitative estimate of drug-likeness (QED) is 0.858. The molecule has 1 aromatic heterocycles. The smallest absolute Gasteiger partial charge is 0.315 e. The Labute approximate surface area is 150 Å². The van der Waals surface area contributed by atoms with Crippen LogP contribution in [0.1, 0.15) is 17.9 Å². The highest BCUT2D eigenvalue weighted by atomic mass is 19.2. The van der Waals surface area contributed by atoms with Gasteiger partial charge in [-0.2, -0.15) is 0 Å². The summed E-state index contributed by atoms with van der Waals surface area (Å²) in [7, 11) is 0. The summed E-state index contributed by atoms with van der Waals surface area (Å²) >= 11 is 0. The van der Waals surface area contributed by atoms with Crippen molar-refractivity contribution in [3.05, 3.63) is 53.6 Å². The highest BCUT2D eigenvalue weighted by Gasteiger charge is 2.23. The molecular formula is C18H21F2N5O. The molecule has 1 aliphatic heterocycles. The third kappa shape index (κ3) is 4.65. The van der Waals surface area contributed by atoms with Crippen LogP contribution in [0.4, 0.5) is 19.3 Å². The number of hydrogen-bond donors (Lipinski definition) is 2. The Hall–Kier alpha value is -2.77. The standard InChI is InChI=1S/C18H21F2N5O/c1-12-21-6-4-14(24-12)10-23-18(26)22-9-13-5-7-25(11-13)15-2-3-16(19)17(20)8-15/h2-4,6,8,13H,5,7,9-11H2,1H3,(H2,22,23,26). The van der Waals surface area contributed by atoms with Gasteiger partial charge in [-0.1, -0.05) is 0 Å². The van der Waals surface area contributed by atoms with E-state index >= 15 is 0 Å². The number of aryl methyl sites for hydroxylation is 1. The zero-order valence-corrected chi connectivity index (χ0v) is 14.5. The van der Waals surface area contributed by atoms with Gasteiger partial charge in [0.2, 0.25) is 0 Å². The Balaban J connectivity index is 1.42. The van der Waals surface area contributed by atoms with Crippen LogP contribution >= 0.6 is 0 Å². The minimum atomic E-state index is -0.846. The lowest BCUT2D eigenvalue weighted by atomic mass is 10.1. The van der Waals surface area contributed by atoms with Gasteiger partial charge < -0.3 is 15.5 Å². The van der Waals surface area contributed by atoms with Crippen molar-refractivity contribution in [2.45, 2.75) is 19.9 Å². The summed E-state index contributed by atoms with van der Waals surface area (Å²) in [5.41, 5.74) is 1.41. The molecule has 138 valence electrons. The van der Waals surface area contributed by atoms with Gasteiger partial charge in [-0.05, 0) is 37.5 Å². The molecule has 1 fully saturated rings. The van der Waals surface area contributed by atoms with E-state index in [1.807, 2.05) is 4.90 Å². The highest BCUT2D eigenvalue weighted by Crippen LogP contribution is 2.24. The fraction of sp³-hybridized carbons (Fsp3) is 0.389. The SMILES string of the molecule is Cc1nccc(CNC(=O)NCC2CCN(c3ccc(F)c(F)c3)C2)n1. The summed E-state index contributed by atoms with van der Waals surface area (Å²) in [5, 5.41) is 5.61. The fourth-order valence-electron chi connectivity index (χ4n) is 2.99. The number of carbonyl (C=O) groups excluding carboxylic acids is 1. The van der Waals surface area contributed by atoms with Crippen LogP contribution in [0.15, 0.2) is 30.5 Å². The van der Waals surface area contributed by atoms with Crippen LogP contribution in [0.25, 0.3) is 0 Å². The number of urea groups is 1. The number of benzene rings is 1. The van der Waals surface area contributed by atoms with Gasteiger partial charge in [-0.3, -0.25) is 0 Å². The van der Waals surface area contributed by atoms with Gasteiger partial charge in [-0.25, -0.2) is 23.5 Å². The van der Waals surface area contributed by atoms with E-state index < -0.39 is 11.6 Å². The van der Waals surface area contributed by atoms with E-state index in [1.165, 1.54) is 6.07 Å². The first-order chi connectivity index (χ1) is 12.5. The average Bonchev–Trinajstić information content (AvgIpc) is 3.09. The molecule has 0 aliphatic carbocycles. The number of nitrogens with zero attached hydrogens (tertiary/aromatic N) is 3. The summed E-state index contributed by atoms with van der Waals surface area (Å²) in [4.78, 5) is 22.1. The molecule has 3 rings (SSSR count). The molecule has 26 heavy (non-hydrogen) atoms. The largest absolute Gasteiger partial charge is 0.371 e. The number of rotatable bonds is 5. The summed E-state index contributed by atoms with van der Waals surface area (Å²) in [6.45, 7) is 4.09. The minimum absolute atomic E-state index is 0.257. The number of carbonyl (C=O) groups is 1. The molecule has 1 aliphatic rings. The zero-order chi connectivity index (χ0) is 18.5. The van der Waals surface area contributed by atoms with Crippen LogP contribution in [0, 0.1) is 24.5 Å². The van der Waals surface area contributed by atoms with Crippen molar-refractivity contribution >= 4 is 11.7 Å². The third-order valence-electron chi connectivity index (χ3n) is 4.37. The molecule has 0 bridgehead atoms. The first kappa shape index (κ1) is 18.0. The second kappa shape index (κ2) is 8.07. The van der Waals surface area contributed by atoms with Crippen molar-refractivity contribution in [1.29, 1.82) is 0 Å². The molecule has 0 radical (unpaired) electrons. The van der Waals surface area contributed by atoms with Gasteiger partial charge in [0.15, 0.2) is 11.6 Å². The first-order valence-corrected chi connectivity index (χ1v) is 8.51. The van der Waals surface area contributed by atoms with E-state index in [9.17, 15) is 13.6 Å². The van der Waals surface area contributed by atoms with Gasteiger partial charge in [0.25, 0.3) is 0 Å². The van der Waals surface area contributed by atoms with Crippen LogP contribution in [-0.4, -0.2) is 35.6 Å². The molecule has 6 nitrogen and oxygen atoms in total. The predicted molar refractivity (Wildman–Crippen MR) is 93.7 cm³/mol. The van der Waals surface area contributed by atoms with Crippen molar-refractivity contribution in [2.24, 2.45) is 5.92 Å². The molecule has 2 aromatic rings. The fourth-order valence-corrected chi connectivity index (χ4v) is 2.99. The van der Waals surface area contributed by atoms with Gasteiger partial charge in [0.05, 0.1) is 12.2 Å². The molecule has 2 amide bonds. The Morgan fingerprint density at radius 3 is 2.88 bits per heavy atom.